The van der Waals surface area contributed by atoms with E-state index in [1.807, 2.05) is 0 Å². The standard InChI is InChI=1S/C12H18N2O4/c1-9(15)6-7-13-8-12(16)10-2-4-11(5-3-10)14(17)18/h2-5,9,12-13,15-16H,6-8H2,1H3. The summed E-state index contributed by atoms with van der Waals surface area (Å²) in [6.07, 6.45) is -0.457. The number of nitro benzene ring substituents is 1. The maximum atomic E-state index is 10.5. The number of hydrogen-bond donors (Lipinski definition) is 3. The van der Waals surface area contributed by atoms with Gasteiger partial charge in [-0.3, -0.25) is 10.1 Å². The van der Waals surface area contributed by atoms with Crippen LogP contribution in [0, 0.1) is 10.1 Å². The highest BCUT2D eigenvalue weighted by Crippen LogP contribution is 2.17. The summed E-state index contributed by atoms with van der Waals surface area (Å²) in [6, 6.07) is 5.82. The highest BCUT2D eigenvalue weighted by Gasteiger charge is 2.10. The van der Waals surface area contributed by atoms with Gasteiger partial charge in [-0.2, -0.15) is 0 Å². The van der Waals surface area contributed by atoms with Gasteiger partial charge in [-0.25, -0.2) is 0 Å². The van der Waals surface area contributed by atoms with E-state index in [9.17, 15) is 15.2 Å². The average Bonchev–Trinajstić information content (AvgIpc) is 2.34. The zero-order valence-corrected chi connectivity index (χ0v) is 10.2. The van der Waals surface area contributed by atoms with Crippen molar-refractivity contribution in [2.45, 2.75) is 25.6 Å². The summed E-state index contributed by atoms with van der Waals surface area (Å²) in [4.78, 5) is 9.99. The van der Waals surface area contributed by atoms with Crippen LogP contribution >= 0.6 is 0 Å². The Kier molecular flexibility index (Phi) is 5.70. The van der Waals surface area contributed by atoms with Crippen molar-refractivity contribution in [3.63, 3.8) is 0 Å². The second-order valence-electron chi connectivity index (χ2n) is 4.21. The van der Waals surface area contributed by atoms with Gasteiger partial charge < -0.3 is 15.5 Å². The molecule has 0 bridgehead atoms. The zero-order chi connectivity index (χ0) is 13.5. The molecule has 0 saturated carbocycles. The fraction of sp³-hybridized carbons (Fsp3) is 0.500. The molecule has 3 N–H and O–H groups in total. The molecule has 0 saturated heterocycles. The normalized spacial score (nSPS) is 14.2. The molecule has 0 aliphatic carbocycles. The molecule has 6 nitrogen and oxygen atoms in total. The minimum atomic E-state index is -0.709. The van der Waals surface area contributed by atoms with E-state index in [0.29, 0.717) is 25.1 Å². The summed E-state index contributed by atoms with van der Waals surface area (Å²) in [5.41, 5.74) is 0.637. The molecule has 0 heterocycles. The smallest absolute Gasteiger partial charge is 0.269 e. The quantitative estimate of drug-likeness (QED) is 0.383. The fourth-order valence-electron chi connectivity index (χ4n) is 1.49. The van der Waals surface area contributed by atoms with Crippen molar-refractivity contribution in [2.24, 2.45) is 0 Å². The molecule has 6 heteroatoms. The van der Waals surface area contributed by atoms with Crippen LogP contribution in [0.5, 0.6) is 0 Å². The number of nitro groups is 1. The third-order valence-electron chi connectivity index (χ3n) is 2.57. The van der Waals surface area contributed by atoms with Gasteiger partial charge in [0.15, 0.2) is 0 Å². The zero-order valence-electron chi connectivity index (χ0n) is 10.2. The van der Waals surface area contributed by atoms with Crippen LogP contribution in [0.4, 0.5) is 5.69 Å². The molecular weight excluding hydrogens is 236 g/mol. The highest BCUT2D eigenvalue weighted by molar-refractivity contribution is 5.33. The van der Waals surface area contributed by atoms with Crippen LogP contribution < -0.4 is 5.32 Å². The number of aliphatic hydroxyl groups is 2. The van der Waals surface area contributed by atoms with Gasteiger partial charge >= 0.3 is 0 Å². The fourth-order valence-corrected chi connectivity index (χ4v) is 1.49. The Labute approximate surface area is 105 Å². The number of benzene rings is 1. The van der Waals surface area contributed by atoms with Gasteiger partial charge in [-0.1, -0.05) is 0 Å². The lowest BCUT2D eigenvalue weighted by molar-refractivity contribution is -0.384. The predicted molar refractivity (Wildman–Crippen MR) is 67.2 cm³/mol. The van der Waals surface area contributed by atoms with Crippen molar-refractivity contribution in [1.29, 1.82) is 0 Å². The Morgan fingerprint density at radius 3 is 2.44 bits per heavy atom. The van der Waals surface area contributed by atoms with Gasteiger partial charge in [0.05, 0.1) is 17.1 Å². The molecule has 0 amide bonds. The minimum absolute atomic E-state index is 0.00742. The van der Waals surface area contributed by atoms with Crippen molar-refractivity contribution in [3.8, 4) is 0 Å². The van der Waals surface area contributed by atoms with Crippen LogP contribution in [-0.4, -0.2) is 34.3 Å². The summed E-state index contributed by atoms with van der Waals surface area (Å²) >= 11 is 0. The summed E-state index contributed by atoms with van der Waals surface area (Å²) in [5, 5.41) is 32.3. The lowest BCUT2D eigenvalue weighted by atomic mass is 10.1. The second-order valence-corrected chi connectivity index (χ2v) is 4.21. The molecule has 1 aromatic rings. The van der Waals surface area contributed by atoms with Gasteiger partial charge in [0.25, 0.3) is 5.69 Å². The van der Waals surface area contributed by atoms with E-state index < -0.39 is 11.0 Å². The molecule has 0 radical (unpaired) electrons. The first kappa shape index (κ1) is 14.6. The Hall–Kier alpha value is -1.50. The van der Waals surface area contributed by atoms with Crippen molar-refractivity contribution in [2.75, 3.05) is 13.1 Å². The van der Waals surface area contributed by atoms with Gasteiger partial charge in [-0.15, -0.1) is 0 Å². The molecule has 18 heavy (non-hydrogen) atoms. The van der Waals surface area contributed by atoms with Gasteiger partial charge in [0.2, 0.25) is 0 Å². The van der Waals surface area contributed by atoms with E-state index in [4.69, 9.17) is 5.11 Å². The maximum absolute atomic E-state index is 10.5. The number of nitrogens with zero attached hydrogens (tertiary/aromatic N) is 1. The van der Waals surface area contributed by atoms with Gasteiger partial charge in [0.1, 0.15) is 0 Å². The molecule has 0 fully saturated rings. The molecule has 2 unspecified atom stereocenters. The van der Waals surface area contributed by atoms with E-state index >= 15 is 0 Å². The molecule has 2 atom stereocenters. The summed E-state index contributed by atoms with van der Waals surface area (Å²) in [5.74, 6) is 0. The number of non-ortho nitro benzene ring substituents is 1. The number of aliphatic hydroxyl groups excluding tert-OH is 2. The lowest BCUT2D eigenvalue weighted by Gasteiger charge is -2.12. The van der Waals surface area contributed by atoms with Crippen molar-refractivity contribution in [3.05, 3.63) is 39.9 Å². The first-order valence-electron chi connectivity index (χ1n) is 5.82. The van der Waals surface area contributed by atoms with Crippen LogP contribution in [0.25, 0.3) is 0 Å². The first-order chi connectivity index (χ1) is 8.50. The molecule has 0 aliphatic heterocycles. The number of rotatable bonds is 7. The molecule has 0 aliphatic rings. The summed E-state index contributed by atoms with van der Waals surface area (Å²) < 4.78 is 0. The molecule has 1 aromatic carbocycles. The first-order valence-corrected chi connectivity index (χ1v) is 5.82. The van der Waals surface area contributed by atoms with Gasteiger partial charge in [-0.05, 0) is 37.6 Å². The Balaban J connectivity index is 2.41. The van der Waals surface area contributed by atoms with E-state index in [-0.39, 0.29) is 11.8 Å². The number of nitrogens with one attached hydrogen (secondary N) is 1. The Bertz CT molecular complexity index is 378. The van der Waals surface area contributed by atoms with Crippen molar-refractivity contribution >= 4 is 5.69 Å². The minimum Gasteiger partial charge on any atom is -0.393 e. The van der Waals surface area contributed by atoms with E-state index in [2.05, 4.69) is 5.32 Å². The van der Waals surface area contributed by atoms with Crippen LogP contribution in [-0.2, 0) is 0 Å². The Morgan fingerprint density at radius 2 is 1.94 bits per heavy atom. The van der Waals surface area contributed by atoms with E-state index in [1.165, 1.54) is 12.1 Å². The SMILES string of the molecule is CC(O)CCNCC(O)c1ccc([N+](=O)[O-])cc1. The predicted octanol–water partition coefficient (Wildman–Crippen LogP) is 0.989. The topological polar surface area (TPSA) is 95.6 Å². The van der Waals surface area contributed by atoms with Crippen LogP contribution in [0.15, 0.2) is 24.3 Å². The largest absolute Gasteiger partial charge is 0.393 e. The van der Waals surface area contributed by atoms with Crippen LogP contribution in [0.2, 0.25) is 0 Å². The van der Waals surface area contributed by atoms with E-state index in [0.717, 1.165) is 0 Å². The van der Waals surface area contributed by atoms with E-state index in [1.54, 1.807) is 19.1 Å². The molecule has 0 spiro atoms. The maximum Gasteiger partial charge on any atom is 0.269 e. The second kappa shape index (κ2) is 7.05. The Morgan fingerprint density at radius 1 is 1.33 bits per heavy atom. The highest BCUT2D eigenvalue weighted by atomic mass is 16.6. The monoisotopic (exact) mass is 254 g/mol. The molecular formula is C12H18N2O4. The molecule has 0 aromatic heterocycles. The van der Waals surface area contributed by atoms with Crippen LogP contribution in [0.1, 0.15) is 25.0 Å². The lowest BCUT2D eigenvalue weighted by Crippen LogP contribution is -2.24. The molecule has 100 valence electrons. The third kappa shape index (κ3) is 4.79. The third-order valence-corrected chi connectivity index (χ3v) is 2.57. The summed E-state index contributed by atoms with van der Waals surface area (Å²) in [6.45, 7) is 2.67. The van der Waals surface area contributed by atoms with Crippen LogP contribution in [0.3, 0.4) is 0 Å². The van der Waals surface area contributed by atoms with Gasteiger partial charge in [0, 0.05) is 18.7 Å². The summed E-state index contributed by atoms with van der Waals surface area (Å²) in [7, 11) is 0. The number of hydrogen-bond acceptors (Lipinski definition) is 5. The average molecular weight is 254 g/mol. The van der Waals surface area contributed by atoms with Crippen molar-refractivity contribution < 1.29 is 15.1 Å². The molecule has 1 rings (SSSR count). The van der Waals surface area contributed by atoms with Crippen molar-refractivity contribution in [1.82, 2.24) is 5.32 Å².